The number of nitrogens with zero attached hydrogens (tertiary/aromatic N) is 1. The van der Waals surface area contributed by atoms with Crippen LogP contribution >= 0.6 is 31.9 Å². The normalized spacial score (nSPS) is 27.7. The molecule has 2 unspecified atom stereocenters. The van der Waals surface area contributed by atoms with Crippen molar-refractivity contribution in [1.29, 1.82) is 0 Å². The number of hydrogen-bond donors (Lipinski definition) is 1. The number of piperidine rings is 1. The molecule has 19 heavy (non-hydrogen) atoms. The highest BCUT2D eigenvalue weighted by Gasteiger charge is 2.43. The lowest BCUT2D eigenvalue weighted by Crippen LogP contribution is -2.49. The molecule has 1 aliphatic carbocycles. The molecule has 2 N–H and O–H groups in total. The second-order valence-electron chi connectivity index (χ2n) is 5.35. The van der Waals surface area contributed by atoms with Crippen LogP contribution < -0.4 is 5.73 Å². The van der Waals surface area contributed by atoms with Crippen LogP contribution in [0.5, 0.6) is 0 Å². The van der Waals surface area contributed by atoms with Crippen molar-refractivity contribution >= 4 is 37.8 Å². The largest absolute Gasteiger partial charge is 0.331 e. The third-order valence-electron chi connectivity index (χ3n) is 3.91. The Morgan fingerprint density at radius 3 is 2.53 bits per heavy atom. The van der Waals surface area contributed by atoms with E-state index in [1.807, 2.05) is 11.0 Å². The monoisotopic (exact) mass is 386 g/mol. The smallest absolute Gasteiger partial charge is 0.223 e. The molecule has 2 aliphatic rings. The Kier molecular flexibility index (Phi) is 3.71. The topological polar surface area (TPSA) is 46.3 Å². The molecule has 5 heteroatoms. The second-order valence-corrected chi connectivity index (χ2v) is 7.06. The summed E-state index contributed by atoms with van der Waals surface area (Å²) in [6, 6.07) is 6.61. The van der Waals surface area contributed by atoms with Gasteiger partial charge in [0.05, 0.1) is 6.04 Å². The van der Waals surface area contributed by atoms with Crippen LogP contribution in [0.1, 0.15) is 37.3 Å². The van der Waals surface area contributed by atoms with Crippen LogP contribution in [-0.2, 0) is 4.79 Å². The minimum absolute atomic E-state index is 0.0261. The summed E-state index contributed by atoms with van der Waals surface area (Å²) in [6.07, 6.45) is 3.60. The average Bonchev–Trinajstić information content (AvgIpc) is 3.19. The van der Waals surface area contributed by atoms with Gasteiger partial charge in [0, 0.05) is 27.4 Å². The zero-order chi connectivity index (χ0) is 13.6. The maximum Gasteiger partial charge on any atom is 0.223 e. The zero-order valence-electron chi connectivity index (χ0n) is 10.5. The summed E-state index contributed by atoms with van der Waals surface area (Å²) in [5.74, 6) is 0.258. The molecule has 1 amide bonds. The van der Waals surface area contributed by atoms with E-state index in [1.54, 1.807) is 0 Å². The molecule has 3 nitrogen and oxygen atoms in total. The summed E-state index contributed by atoms with van der Waals surface area (Å²) in [7, 11) is 0. The summed E-state index contributed by atoms with van der Waals surface area (Å²) in [5.41, 5.74) is 7.42. The molecule has 1 aromatic rings. The van der Waals surface area contributed by atoms with Gasteiger partial charge in [-0.25, -0.2) is 0 Å². The molecule has 0 radical (unpaired) electrons. The quantitative estimate of drug-likeness (QED) is 0.845. The van der Waals surface area contributed by atoms with E-state index in [2.05, 4.69) is 44.0 Å². The average molecular weight is 388 g/mol. The molecule has 1 saturated carbocycles. The molecule has 0 aromatic heterocycles. The lowest BCUT2D eigenvalue weighted by Gasteiger charge is -2.40. The van der Waals surface area contributed by atoms with Gasteiger partial charge < -0.3 is 10.6 Å². The predicted octanol–water partition coefficient (Wildman–Crippen LogP) is 3.36. The van der Waals surface area contributed by atoms with E-state index in [0.29, 0.717) is 12.5 Å². The second kappa shape index (κ2) is 5.19. The van der Waals surface area contributed by atoms with Crippen LogP contribution in [0.4, 0.5) is 0 Å². The standard InChI is InChI=1S/C14H16Br2N2O/c15-10-4-1-8(7-11(10)16)14-12(17)5-6-13(19)18(14)9-2-3-9/h1,4,7,9,12,14H,2-3,5-6,17H2. The van der Waals surface area contributed by atoms with Gasteiger partial charge in [0.25, 0.3) is 0 Å². The fourth-order valence-corrected chi connectivity index (χ4v) is 3.47. The number of carbonyl (C=O) groups is 1. The predicted molar refractivity (Wildman–Crippen MR) is 81.7 cm³/mol. The molecule has 3 rings (SSSR count). The Morgan fingerprint density at radius 1 is 1.16 bits per heavy atom. The van der Waals surface area contributed by atoms with Crippen molar-refractivity contribution < 1.29 is 4.79 Å². The van der Waals surface area contributed by atoms with Crippen LogP contribution in [-0.4, -0.2) is 22.9 Å². The van der Waals surface area contributed by atoms with Crippen LogP contribution in [0.2, 0.25) is 0 Å². The maximum atomic E-state index is 12.2. The van der Waals surface area contributed by atoms with Gasteiger partial charge in [-0.2, -0.15) is 0 Å². The van der Waals surface area contributed by atoms with Gasteiger partial charge in [0.15, 0.2) is 0 Å². The Labute approximate surface area is 129 Å². The zero-order valence-corrected chi connectivity index (χ0v) is 13.7. The minimum Gasteiger partial charge on any atom is -0.331 e. The number of benzene rings is 1. The number of hydrogen-bond acceptors (Lipinski definition) is 2. The van der Waals surface area contributed by atoms with Crippen LogP contribution in [0.3, 0.4) is 0 Å². The number of rotatable bonds is 2. The highest BCUT2D eigenvalue weighted by atomic mass is 79.9. The first kappa shape index (κ1) is 13.6. The highest BCUT2D eigenvalue weighted by Crippen LogP contribution is 2.41. The van der Waals surface area contributed by atoms with E-state index in [9.17, 15) is 4.79 Å². The number of halogens is 2. The van der Waals surface area contributed by atoms with Crippen molar-refractivity contribution in [3.63, 3.8) is 0 Å². The summed E-state index contributed by atoms with van der Waals surface area (Å²) in [6.45, 7) is 0. The van der Waals surface area contributed by atoms with Crippen LogP contribution in [0.25, 0.3) is 0 Å². The lowest BCUT2D eigenvalue weighted by molar-refractivity contribution is -0.138. The van der Waals surface area contributed by atoms with Crippen LogP contribution in [0, 0.1) is 0 Å². The summed E-state index contributed by atoms with van der Waals surface area (Å²) in [5, 5.41) is 0. The molecule has 1 aromatic carbocycles. The van der Waals surface area contributed by atoms with Gasteiger partial charge in [-0.1, -0.05) is 6.07 Å². The number of amides is 1. The van der Waals surface area contributed by atoms with Gasteiger partial charge in [-0.15, -0.1) is 0 Å². The van der Waals surface area contributed by atoms with Crippen molar-refractivity contribution in [2.75, 3.05) is 0 Å². The maximum absolute atomic E-state index is 12.2. The number of carbonyl (C=O) groups excluding carboxylic acids is 1. The Morgan fingerprint density at radius 2 is 1.89 bits per heavy atom. The van der Waals surface area contributed by atoms with Gasteiger partial charge in [0.2, 0.25) is 5.91 Å². The summed E-state index contributed by atoms with van der Waals surface area (Å²) in [4.78, 5) is 14.2. The fraction of sp³-hybridized carbons (Fsp3) is 0.500. The fourth-order valence-electron chi connectivity index (χ4n) is 2.83. The molecule has 1 aliphatic heterocycles. The van der Waals surface area contributed by atoms with Crippen LogP contribution in [0.15, 0.2) is 27.1 Å². The first-order valence-electron chi connectivity index (χ1n) is 6.59. The Bertz CT molecular complexity index is 516. The molecule has 1 heterocycles. The van der Waals surface area contributed by atoms with Crippen molar-refractivity contribution in [3.05, 3.63) is 32.7 Å². The van der Waals surface area contributed by atoms with Crippen molar-refractivity contribution in [2.24, 2.45) is 5.73 Å². The molecule has 2 fully saturated rings. The van der Waals surface area contributed by atoms with Gasteiger partial charge in [0.1, 0.15) is 0 Å². The molecule has 1 saturated heterocycles. The van der Waals surface area contributed by atoms with E-state index in [4.69, 9.17) is 5.73 Å². The van der Waals surface area contributed by atoms with Gasteiger partial charge >= 0.3 is 0 Å². The molecular weight excluding hydrogens is 372 g/mol. The van der Waals surface area contributed by atoms with E-state index in [1.165, 1.54) is 0 Å². The lowest BCUT2D eigenvalue weighted by atomic mass is 9.90. The first-order valence-corrected chi connectivity index (χ1v) is 8.18. The molecule has 0 spiro atoms. The molecular formula is C14H16Br2N2O. The van der Waals surface area contributed by atoms with Crippen molar-refractivity contribution in [2.45, 2.75) is 43.8 Å². The third-order valence-corrected chi connectivity index (χ3v) is 5.79. The number of nitrogens with two attached hydrogens (primary N) is 1. The van der Waals surface area contributed by atoms with E-state index in [0.717, 1.165) is 33.8 Å². The van der Waals surface area contributed by atoms with E-state index < -0.39 is 0 Å². The van der Waals surface area contributed by atoms with Gasteiger partial charge in [-0.05, 0) is 68.8 Å². The Hall–Kier alpha value is -0.390. The summed E-state index contributed by atoms with van der Waals surface area (Å²) < 4.78 is 2.02. The molecule has 0 bridgehead atoms. The summed E-state index contributed by atoms with van der Waals surface area (Å²) >= 11 is 7.01. The minimum atomic E-state index is 0.0261. The van der Waals surface area contributed by atoms with E-state index >= 15 is 0 Å². The molecule has 2 atom stereocenters. The molecule has 102 valence electrons. The van der Waals surface area contributed by atoms with Crippen molar-refractivity contribution in [3.8, 4) is 0 Å². The van der Waals surface area contributed by atoms with Crippen molar-refractivity contribution in [1.82, 2.24) is 4.90 Å². The van der Waals surface area contributed by atoms with Gasteiger partial charge in [-0.3, -0.25) is 4.79 Å². The first-order chi connectivity index (χ1) is 9.08. The SMILES string of the molecule is NC1CCC(=O)N(C2CC2)C1c1ccc(Br)c(Br)c1. The Balaban J connectivity index is 1.97. The third kappa shape index (κ3) is 2.60. The van der Waals surface area contributed by atoms with E-state index in [-0.39, 0.29) is 18.0 Å². The highest BCUT2D eigenvalue weighted by molar-refractivity contribution is 9.13. The number of likely N-dealkylation sites (tertiary alicyclic amines) is 1.